The number of hydrogen-bond donors (Lipinski definition) is 1. The summed E-state index contributed by atoms with van der Waals surface area (Å²) < 4.78 is 25.7. The van der Waals surface area contributed by atoms with Gasteiger partial charge in [0, 0.05) is 0 Å². The van der Waals surface area contributed by atoms with E-state index in [9.17, 15) is 8.78 Å². The second kappa shape index (κ2) is 5.22. The minimum absolute atomic E-state index is 0.319. The van der Waals surface area contributed by atoms with Crippen molar-refractivity contribution >= 4 is 12.6 Å². The molecule has 0 unspecified atom stereocenters. The lowest BCUT2D eigenvalue weighted by molar-refractivity contribution is 0.580. The van der Waals surface area contributed by atoms with Crippen LogP contribution in [0.3, 0.4) is 0 Å². The quantitative estimate of drug-likeness (QED) is 0.562. The van der Waals surface area contributed by atoms with E-state index in [0.29, 0.717) is 12.0 Å². The van der Waals surface area contributed by atoms with E-state index in [1.807, 2.05) is 0 Å². The summed E-state index contributed by atoms with van der Waals surface area (Å²) in [6, 6.07) is 3.57. The molecule has 3 heteroatoms. The molecule has 0 saturated heterocycles. The first-order chi connectivity index (χ1) is 6.24. The zero-order valence-electron chi connectivity index (χ0n) is 7.26. The molecular formula is C10H12F2S. The number of rotatable bonds is 4. The molecule has 0 nitrogen and oxygen atoms in total. The third-order valence-corrected chi connectivity index (χ3v) is 2.18. The zero-order valence-corrected chi connectivity index (χ0v) is 8.16. The third-order valence-electron chi connectivity index (χ3n) is 1.86. The fourth-order valence-corrected chi connectivity index (χ4v) is 1.39. The van der Waals surface area contributed by atoms with Gasteiger partial charge in [-0.15, -0.1) is 0 Å². The minimum Gasteiger partial charge on any atom is -0.207 e. The van der Waals surface area contributed by atoms with Gasteiger partial charge in [0.05, 0.1) is 0 Å². The van der Waals surface area contributed by atoms with E-state index in [4.69, 9.17) is 0 Å². The third kappa shape index (κ3) is 3.35. The summed E-state index contributed by atoms with van der Waals surface area (Å²) in [5.74, 6) is 0.0968. The first-order valence-corrected chi connectivity index (χ1v) is 4.92. The van der Waals surface area contributed by atoms with Gasteiger partial charge >= 0.3 is 0 Å². The van der Waals surface area contributed by atoms with Crippen molar-refractivity contribution in [1.29, 1.82) is 0 Å². The van der Waals surface area contributed by atoms with E-state index < -0.39 is 0 Å². The molecule has 0 aliphatic rings. The largest absolute Gasteiger partial charge is 0.207 e. The first-order valence-electron chi connectivity index (χ1n) is 4.29. The van der Waals surface area contributed by atoms with Crippen molar-refractivity contribution in [2.75, 3.05) is 5.75 Å². The molecule has 1 aromatic rings. The number of benzene rings is 1. The number of thiol groups is 1. The van der Waals surface area contributed by atoms with Crippen LogP contribution in [0.1, 0.15) is 18.4 Å². The summed E-state index contributed by atoms with van der Waals surface area (Å²) >= 11 is 4.05. The summed E-state index contributed by atoms with van der Waals surface area (Å²) in [5, 5.41) is 0. The maximum atomic E-state index is 13.0. The van der Waals surface area contributed by atoms with Gasteiger partial charge in [-0.25, -0.2) is 8.78 Å². The summed E-state index contributed by atoms with van der Waals surface area (Å²) in [4.78, 5) is 0. The van der Waals surface area contributed by atoms with E-state index in [1.165, 1.54) is 12.1 Å². The second-order valence-electron chi connectivity index (χ2n) is 2.92. The molecule has 0 atom stereocenters. The highest BCUT2D eigenvalue weighted by Crippen LogP contribution is 2.12. The normalized spacial score (nSPS) is 10.4. The van der Waals surface area contributed by atoms with Gasteiger partial charge in [0.1, 0.15) is 11.6 Å². The van der Waals surface area contributed by atoms with Crippen molar-refractivity contribution < 1.29 is 8.78 Å². The van der Waals surface area contributed by atoms with Crippen molar-refractivity contribution in [1.82, 2.24) is 0 Å². The van der Waals surface area contributed by atoms with Crippen LogP contribution in [0.15, 0.2) is 18.2 Å². The van der Waals surface area contributed by atoms with E-state index in [0.717, 1.165) is 24.7 Å². The number of halogens is 2. The first kappa shape index (κ1) is 10.5. The molecule has 1 rings (SSSR count). The second-order valence-corrected chi connectivity index (χ2v) is 3.36. The molecule has 0 radical (unpaired) electrons. The lowest BCUT2D eigenvalue weighted by Gasteiger charge is -2.01. The maximum Gasteiger partial charge on any atom is 0.126 e. The zero-order chi connectivity index (χ0) is 9.68. The Bertz CT molecular complexity index is 274. The van der Waals surface area contributed by atoms with Crippen molar-refractivity contribution in [3.63, 3.8) is 0 Å². The molecule has 0 aliphatic carbocycles. The van der Waals surface area contributed by atoms with Gasteiger partial charge in [0.25, 0.3) is 0 Å². The van der Waals surface area contributed by atoms with E-state index in [2.05, 4.69) is 12.6 Å². The van der Waals surface area contributed by atoms with Gasteiger partial charge in [-0.05, 0) is 48.8 Å². The van der Waals surface area contributed by atoms with Gasteiger partial charge in [0.15, 0.2) is 0 Å². The molecule has 0 N–H and O–H groups in total. The maximum absolute atomic E-state index is 13.0. The molecule has 0 saturated carbocycles. The highest BCUT2D eigenvalue weighted by atomic mass is 32.1. The molecule has 0 spiro atoms. The number of unbranched alkanes of at least 4 members (excludes halogenated alkanes) is 1. The molecule has 0 aromatic heterocycles. The Morgan fingerprint density at radius 2 is 1.92 bits per heavy atom. The van der Waals surface area contributed by atoms with Gasteiger partial charge in [-0.3, -0.25) is 0 Å². The summed E-state index contributed by atoms with van der Waals surface area (Å²) in [7, 11) is 0. The topological polar surface area (TPSA) is 0 Å². The minimum atomic E-state index is -0.373. The van der Waals surface area contributed by atoms with Crippen LogP contribution in [-0.4, -0.2) is 5.75 Å². The molecule has 0 amide bonds. The molecule has 0 heterocycles. The van der Waals surface area contributed by atoms with Crippen LogP contribution in [-0.2, 0) is 6.42 Å². The predicted molar refractivity (Wildman–Crippen MR) is 53.1 cm³/mol. The van der Waals surface area contributed by atoms with Gasteiger partial charge < -0.3 is 0 Å². The highest BCUT2D eigenvalue weighted by molar-refractivity contribution is 7.80. The number of hydrogen-bond acceptors (Lipinski definition) is 1. The van der Waals surface area contributed by atoms with Crippen molar-refractivity contribution in [3.05, 3.63) is 35.4 Å². The summed E-state index contributed by atoms with van der Waals surface area (Å²) in [5.41, 5.74) is 0.460. The van der Waals surface area contributed by atoms with Crippen molar-refractivity contribution in [3.8, 4) is 0 Å². The Morgan fingerprint density at radius 3 is 2.62 bits per heavy atom. The van der Waals surface area contributed by atoms with Crippen LogP contribution in [0.2, 0.25) is 0 Å². The lowest BCUT2D eigenvalue weighted by Crippen LogP contribution is -1.92. The van der Waals surface area contributed by atoms with Gasteiger partial charge in [0.2, 0.25) is 0 Å². The Balaban J connectivity index is 2.59. The van der Waals surface area contributed by atoms with Crippen LogP contribution in [0.5, 0.6) is 0 Å². The lowest BCUT2D eigenvalue weighted by atomic mass is 10.1. The SMILES string of the molecule is Fc1ccc(F)c(CCCCS)c1. The smallest absolute Gasteiger partial charge is 0.126 e. The van der Waals surface area contributed by atoms with Crippen molar-refractivity contribution in [2.24, 2.45) is 0 Å². The Labute approximate surface area is 82.4 Å². The van der Waals surface area contributed by atoms with Crippen LogP contribution in [0.25, 0.3) is 0 Å². The Morgan fingerprint density at radius 1 is 1.15 bits per heavy atom. The summed E-state index contributed by atoms with van der Waals surface area (Å²) in [6.45, 7) is 0. The monoisotopic (exact) mass is 202 g/mol. The van der Waals surface area contributed by atoms with Crippen LogP contribution < -0.4 is 0 Å². The predicted octanol–water partition coefficient (Wildman–Crippen LogP) is 3.22. The molecular weight excluding hydrogens is 190 g/mol. The number of aryl methyl sites for hydroxylation is 1. The molecule has 1 aromatic carbocycles. The Hall–Kier alpha value is -0.570. The molecule has 0 aliphatic heterocycles. The highest BCUT2D eigenvalue weighted by Gasteiger charge is 2.02. The van der Waals surface area contributed by atoms with Crippen LogP contribution in [0, 0.1) is 11.6 Å². The van der Waals surface area contributed by atoms with E-state index >= 15 is 0 Å². The van der Waals surface area contributed by atoms with E-state index in [1.54, 1.807) is 0 Å². The average Bonchev–Trinajstić information content (AvgIpc) is 2.11. The average molecular weight is 202 g/mol. The molecule has 0 fully saturated rings. The standard InChI is InChI=1S/C10H12F2S/c11-9-4-5-10(12)8(7-9)3-1-2-6-13/h4-5,7,13H,1-3,6H2. The summed E-state index contributed by atoms with van der Waals surface area (Å²) in [6.07, 6.45) is 2.37. The van der Waals surface area contributed by atoms with E-state index in [-0.39, 0.29) is 11.6 Å². The van der Waals surface area contributed by atoms with Crippen molar-refractivity contribution in [2.45, 2.75) is 19.3 Å². The van der Waals surface area contributed by atoms with Gasteiger partial charge in [-0.1, -0.05) is 0 Å². The molecule has 0 bridgehead atoms. The van der Waals surface area contributed by atoms with Crippen LogP contribution >= 0.6 is 12.6 Å². The molecule has 72 valence electrons. The van der Waals surface area contributed by atoms with Crippen LogP contribution in [0.4, 0.5) is 8.78 Å². The fourth-order valence-electron chi connectivity index (χ4n) is 1.16. The Kier molecular flexibility index (Phi) is 4.22. The fraction of sp³-hybridized carbons (Fsp3) is 0.400. The molecule has 13 heavy (non-hydrogen) atoms. The van der Waals surface area contributed by atoms with Gasteiger partial charge in [-0.2, -0.15) is 12.6 Å².